The number of hydrogen-bond donors (Lipinski definition) is 2. The van der Waals surface area contributed by atoms with Gasteiger partial charge in [-0.1, -0.05) is 12.1 Å². The van der Waals surface area contributed by atoms with Gasteiger partial charge in [-0.05, 0) is 69.0 Å². The van der Waals surface area contributed by atoms with Gasteiger partial charge in [-0.3, -0.25) is 0 Å². The molecule has 0 radical (unpaired) electrons. The molecule has 0 aliphatic rings. The average molecular weight is 506 g/mol. The van der Waals surface area contributed by atoms with Gasteiger partial charge in [-0.2, -0.15) is 0 Å². The highest BCUT2D eigenvalue weighted by molar-refractivity contribution is 7.84. The first-order valence-corrected chi connectivity index (χ1v) is 12.2. The number of hydrogen-bond acceptors (Lipinski definition) is 5. The van der Waals surface area contributed by atoms with Crippen molar-refractivity contribution in [3.63, 3.8) is 0 Å². The van der Waals surface area contributed by atoms with Gasteiger partial charge in [-0.25, -0.2) is 8.93 Å². The topological polar surface area (TPSA) is 77.0 Å². The van der Waals surface area contributed by atoms with Gasteiger partial charge in [0.15, 0.2) is 11.5 Å². The molecule has 0 saturated carbocycles. The molecule has 0 heterocycles. The molecule has 0 fully saturated rings. The molecule has 0 amide bonds. The highest BCUT2D eigenvalue weighted by atomic mass is 35.5. The van der Waals surface area contributed by atoms with E-state index in [1.54, 1.807) is 39.5 Å². The van der Waals surface area contributed by atoms with Crippen LogP contribution in [-0.2, 0) is 17.4 Å². The maximum atomic E-state index is 12.7. The lowest BCUT2D eigenvalue weighted by Crippen LogP contribution is -2.36. The number of nitrogens with one attached hydrogen (secondary N) is 1. The van der Waals surface area contributed by atoms with Gasteiger partial charge in [0.25, 0.3) is 0 Å². The van der Waals surface area contributed by atoms with Crippen molar-refractivity contribution >= 4 is 34.2 Å². The number of phenols is 1. The molecule has 0 bridgehead atoms. The highest BCUT2D eigenvalue weighted by Crippen LogP contribution is 2.39. The number of phenolic OH excluding ortho intramolecular Hbond substituents is 1. The minimum absolute atomic E-state index is 0.184. The Morgan fingerprint density at radius 1 is 1.03 bits per heavy atom. The van der Waals surface area contributed by atoms with E-state index in [0.717, 1.165) is 11.1 Å². The third kappa shape index (κ3) is 8.70. The monoisotopic (exact) mass is 505 g/mol. The Balaban J connectivity index is 0.00000161. The van der Waals surface area contributed by atoms with Crippen LogP contribution < -0.4 is 18.9 Å². The highest BCUT2D eigenvalue weighted by Gasteiger charge is 2.24. The number of rotatable bonds is 9. The van der Waals surface area contributed by atoms with E-state index in [1.165, 1.54) is 0 Å². The molecule has 2 atom stereocenters. The first kappa shape index (κ1) is 28.4. The molecule has 2 rings (SSSR count). The lowest BCUT2D eigenvalue weighted by Gasteiger charge is -2.25. The van der Waals surface area contributed by atoms with E-state index in [9.17, 15) is 9.32 Å². The van der Waals surface area contributed by atoms with Crippen molar-refractivity contribution in [1.82, 2.24) is 4.72 Å². The van der Waals surface area contributed by atoms with Crippen LogP contribution in [0.5, 0.6) is 23.0 Å². The predicted octanol–water partition coefficient (Wildman–Crippen LogP) is 5.57. The molecule has 2 N–H and O–H groups in total. The molecule has 2 aromatic rings. The summed E-state index contributed by atoms with van der Waals surface area (Å²) in [6.45, 7) is 5.78. The summed E-state index contributed by atoms with van der Waals surface area (Å²) in [5, 5.41) is 10.1. The fourth-order valence-electron chi connectivity index (χ4n) is 2.93. The molecule has 0 aromatic heterocycles. The van der Waals surface area contributed by atoms with Crippen LogP contribution in [0.4, 0.5) is 0 Å². The van der Waals surface area contributed by atoms with E-state index in [1.807, 2.05) is 39.0 Å². The summed E-state index contributed by atoms with van der Waals surface area (Å²) in [5.74, 6) is 1.93. The van der Waals surface area contributed by atoms with Crippen molar-refractivity contribution < 1.29 is 23.5 Å². The molecular formula is C23H33Cl2NO5S. The summed E-state index contributed by atoms with van der Waals surface area (Å²) in [6, 6.07) is 10.7. The van der Waals surface area contributed by atoms with Gasteiger partial charge < -0.3 is 19.3 Å². The lowest BCUT2D eigenvalue weighted by atomic mass is 9.99. The van der Waals surface area contributed by atoms with Crippen LogP contribution in [0.1, 0.15) is 44.4 Å². The van der Waals surface area contributed by atoms with Gasteiger partial charge >= 0.3 is 0 Å². The van der Waals surface area contributed by atoms with Crippen molar-refractivity contribution in [2.45, 2.75) is 44.4 Å². The Morgan fingerprint density at radius 2 is 1.59 bits per heavy atom. The van der Waals surface area contributed by atoms with E-state index in [0.29, 0.717) is 30.1 Å². The largest absolute Gasteiger partial charge is 0.508 e. The zero-order chi connectivity index (χ0) is 24.3. The first-order valence-electron chi connectivity index (χ1n) is 9.99. The Hall–Kier alpha value is -1.67. The number of halogens is 2. The van der Waals surface area contributed by atoms with E-state index in [-0.39, 0.29) is 17.1 Å². The molecule has 180 valence electrons. The Kier molecular flexibility index (Phi) is 12.2. The Morgan fingerprint density at radius 3 is 2.03 bits per heavy atom. The minimum atomic E-state index is -1.25. The minimum Gasteiger partial charge on any atom is -0.508 e. The lowest BCUT2D eigenvalue weighted by molar-refractivity contribution is 0.323. The fourth-order valence-corrected chi connectivity index (χ4v) is 3.80. The SMILES string of the molecule is COc1cc(CC[C@@H](N[S@](=O)C(C)(C)C)c2cccc(O)c2)cc(OC)c1OC.ClCCl. The van der Waals surface area contributed by atoms with E-state index in [2.05, 4.69) is 4.72 Å². The molecule has 2 aromatic carbocycles. The van der Waals surface area contributed by atoms with Crippen LogP contribution in [0.2, 0.25) is 0 Å². The van der Waals surface area contributed by atoms with E-state index in [4.69, 9.17) is 37.4 Å². The van der Waals surface area contributed by atoms with Crippen LogP contribution in [0.25, 0.3) is 0 Å². The first-order chi connectivity index (χ1) is 15.1. The zero-order valence-electron chi connectivity index (χ0n) is 19.4. The smallest absolute Gasteiger partial charge is 0.203 e. The van der Waals surface area contributed by atoms with Gasteiger partial charge in [-0.15, -0.1) is 23.2 Å². The fraction of sp³-hybridized carbons (Fsp3) is 0.478. The van der Waals surface area contributed by atoms with Crippen LogP contribution in [0.15, 0.2) is 36.4 Å². The number of alkyl halides is 2. The third-order valence-electron chi connectivity index (χ3n) is 4.52. The predicted molar refractivity (Wildman–Crippen MR) is 133 cm³/mol. The molecule has 0 aliphatic heterocycles. The second kappa shape index (κ2) is 13.8. The van der Waals surface area contributed by atoms with Crippen LogP contribution in [-0.4, -0.2) is 40.7 Å². The maximum Gasteiger partial charge on any atom is 0.203 e. The summed E-state index contributed by atoms with van der Waals surface area (Å²) in [7, 11) is 3.50. The molecule has 0 spiro atoms. The number of aryl methyl sites for hydroxylation is 1. The van der Waals surface area contributed by atoms with Crippen LogP contribution in [0, 0.1) is 0 Å². The summed E-state index contributed by atoms with van der Waals surface area (Å²) >= 11 is 9.53. The molecule has 32 heavy (non-hydrogen) atoms. The van der Waals surface area contributed by atoms with Crippen molar-refractivity contribution in [2.75, 3.05) is 26.7 Å². The number of methoxy groups -OCH3 is 3. The average Bonchev–Trinajstić information content (AvgIpc) is 2.75. The van der Waals surface area contributed by atoms with Gasteiger partial charge in [0.1, 0.15) is 5.75 Å². The quantitative estimate of drug-likeness (QED) is 0.435. The third-order valence-corrected chi connectivity index (χ3v) is 6.14. The van der Waals surface area contributed by atoms with E-state index < -0.39 is 15.7 Å². The van der Waals surface area contributed by atoms with Gasteiger partial charge in [0.2, 0.25) is 5.75 Å². The van der Waals surface area contributed by atoms with Crippen LogP contribution >= 0.6 is 23.2 Å². The molecular weight excluding hydrogens is 473 g/mol. The molecule has 0 aliphatic carbocycles. The normalized spacial score (nSPS) is 12.9. The summed E-state index contributed by atoms with van der Waals surface area (Å²) in [6.07, 6.45) is 1.36. The maximum absolute atomic E-state index is 12.7. The molecule has 0 unspecified atom stereocenters. The van der Waals surface area contributed by atoms with Crippen LogP contribution in [0.3, 0.4) is 0 Å². The van der Waals surface area contributed by atoms with E-state index >= 15 is 0 Å². The summed E-state index contributed by atoms with van der Waals surface area (Å²) in [5.41, 5.74) is 1.89. The zero-order valence-corrected chi connectivity index (χ0v) is 21.7. The van der Waals surface area contributed by atoms with Crippen molar-refractivity contribution in [3.8, 4) is 23.0 Å². The van der Waals surface area contributed by atoms with Crippen molar-refractivity contribution in [3.05, 3.63) is 47.5 Å². The van der Waals surface area contributed by atoms with Gasteiger partial charge in [0.05, 0.1) is 42.4 Å². The second-order valence-electron chi connectivity index (χ2n) is 7.82. The van der Waals surface area contributed by atoms with Gasteiger partial charge in [0, 0.05) is 6.04 Å². The summed E-state index contributed by atoms with van der Waals surface area (Å²) < 4.78 is 31.8. The van der Waals surface area contributed by atoms with Crippen molar-refractivity contribution in [2.24, 2.45) is 0 Å². The van der Waals surface area contributed by atoms with Crippen molar-refractivity contribution in [1.29, 1.82) is 0 Å². The Bertz CT molecular complexity index is 849. The number of ether oxygens (including phenoxy) is 3. The standard InChI is InChI=1S/C22H31NO5S.CH2Cl2/c1-22(2,3)29(25)23-18(16-8-7-9-17(24)14-16)11-10-15-12-19(26-4)21(28-6)20(13-15)27-5;2-1-3/h7-9,12-14,18,23-24H,10-11H2,1-6H3;1H2/t18-,29-;/m1./s1. The molecule has 0 saturated heterocycles. The number of aromatic hydroxyl groups is 1. The molecule has 6 nitrogen and oxygen atoms in total. The summed E-state index contributed by atoms with van der Waals surface area (Å²) in [4.78, 5) is 0. The second-order valence-corrected chi connectivity index (χ2v) is 10.6. The molecule has 9 heteroatoms. The number of benzene rings is 2. The Labute approximate surface area is 203 Å².